The zero-order valence-corrected chi connectivity index (χ0v) is 12.0. The molecule has 0 bridgehead atoms. The van der Waals surface area contributed by atoms with E-state index in [0.717, 1.165) is 4.90 Å². The number of aryl methyl sites for hydroxylation is 1. The van der Waals surface area contributed by atoms with Crippen LogP contribution >= 0.6 is 15.9 Å². The number of carbonyl (C=O) groups excluding carboxylic acids is 2. The molecule has 5 heteroatoms. The highest BCUT2D eigenvalue weighted by Gasteiger charge is 2.45. The van der Waals surface area contributed by atoms with Crippen molar-refractivity contribution in [2.24, 2.45) is 5.41 Å². The van der Waals surface area contributed by atoms with E-state index >= 15 is 0 Å². The molecular formula is C13H13BrFNO2. The minimum Gasteiger partial charge on any atom is -0.274 e. The minimum absolute atomic E-state index is 0.181. The molecule has 0 aliphatic carbocycles. The molecule has 1 fully saturated rings. The lowest BCUT2D eigenvalue weighted by molar-refractivity contribution is -0.124. The lowest BCUT2D eigenvalue weighted by Crippen LogP contribution is -2.33. The Balaban J connectivity index is 2.53. The number of anilines is 1. The van der Waals surface area contributed by atoms with E-state index < -0.39 is 11.2 Å². The molecule has 1 aromatic rings. The van der Waals surface area contributed by atoms with E-state index in [1.54, 1.807) is 20.8 Å². The number of amides is 2. The van der Waals surface area contributed by atoms with Crippen LogP contribution in [0.4, 0.5) is 10.1 Å². The fourth-order valence-electron chi connectivity index (χ4n) is 2.07. The molecule has 2 rings (SSSR count). The van der Waals surface area contributed by atoms with E-state index in [9.17, 15) is 14.0 Å². The highest BCUT2D eigenvalue weighted by Crippen LogP contribution is 2.37. The Kier molecular flexibility index (Phi) is 3.05. The van der Waals surface area contributed by atoms with E-state index in [-0.39, 0.29) is 22.7 Å². The first-order valence-electron chi connectivity index (χ1n) is 5.57. The van der Waals surface area contributed by atoms with Crippen LogP contribution in [0.15, 0.2) is 16.6 Å². The second kappa shape index (κ2) is 4.16. The highest BCUT2D eigenvalue weighted by atomic mass is 79.9. The van der Waals surface area contributed by atoms with Gasteiger partial charge in [-0.05, 0) is 40.5 Å². The number of hydrogen-bond donors (Lipinski definition) is 0. The standard InChI is InChI=1S/C13H13BrFNO2/c1-7-4-9(15)8(14)5-10(7)16-11(17)6-13(2,3)12(16)18/h4-5H,6H2,1-3H3. The van der Waals surface area contributed by atoms with Gasteiger partial charge in [-0.15, -0.1) is 0 Å². The first kappa shape index (κ1) is 13.2. The number of hydrogen-bond acceptors (Lipinski definition) is 2. The fourth-order valence-corrected chi connectivity index (χ4v) is 2.40. The van der Waals surface area contributed by atoms with Gasteiger partial charge in [0.15, 0.2) is 0 Å². The molecular weight excluding hydrogens is 301 g/mol. The Bertz CT molecular complexity index is 554. The Labute approximate surface area is 113 Å². The lowest BCUT2D eigenvalue weighted by Gasteiger charge is -2.20. The Morgan fingerprint density at radius 2 is 1.94 bits per heavy atom. The summed E-state index contributed by atoms with van der Waals surface area (Å²) in [4.78, 5) is 25.3. The van der Waals surface area contributed by atoms with Crippen LogP contribution in [0.1, 0.15) is 25.8 Å². The van der Waals surface area contributed by atoms with Crippen LogP contribution in [0.5, 0.6) is 0 Å². The molecule has 18 heavy (non-hydrogen) atoms. The third kappa shape index (κ3) is 1.96. The largest absolute Gasteiger partial charge is 0.274 e. The fraction of sp³-hybridized carbons (Fsp3) is 0.385. The molecule has 3 nitrogen and oxygen atoms in total. The zero-order chi connectivity index (χ0) is 13.7. The maximum atomic E-state index is 13.4. The maximum Gasteiger partial charge on any atom is 0.239 e. The summed E-state index contributed by atoms with van der Waals surface area (Å²) in [5.41, 5.74) is 0.323. The van der Waals surface area contributed by atoms with Gasteiger partial charge in [0.1, 0.15) is 5.82 Å². The molecule has 0 N–H and O–H groups in total. The van der Waals surface area contributed by atoms with Crippen molar-refractivity contribution in [2.45, 2.75) is 27.2 Å². The van der Waals surface area contributed by atoms with E-state index in [2.05, 4.69) is 15.9 Å². The van der Waals surface area contributed by atoms with Gasteiger partial charge in [0.2, 0.25) is 11.8 Å². The molecule has 1 aliphatic heterocycles. The molecule has 0 atom stereocenters. The zero-order valence-electron chi connectivity index (χ0n) is 10.4. The number of benzene rings is 1. The van der Waals surface area contributed by atoms with Crippen LogP contribution in [0.25, 0.3) is 0 Å². The molecule has 1 heterocycles. The van der Waals surface area contributed by atoms with Gasteiger partial charge in [-0.1, -0.05) is 13.8 Å². The average molecular weight is 314 g/mol. The van der Waals surface area contributed by atoms with Crippen molar-refractivity contribution >= 4 is 33.4 Å². The SMILES string of the molecule is Cc1cc(F)c(Br)cc1N1C(=O)CC(C)(C)C1=O. The molecule has 0 unspecified atom stereocenters. The Morgan fingerprint density at radius 3 is 2.44 bits per heavy atom. The van der Waals surface area contributed by atoms with Crippen LogP contribution in [0.3, 0.4) is 0 Å². The predicted octanol–water partition coefficient (Wildman–Crippen LogP) is 3.19. The molecule has 0 saturated carbocycles. The summed E-state index contributed by atoms with van der Waals surface area (Å²) in [5.74, 6) is -0.893. The average Bonchev–Trinajstić information content (AvgIpc) is 2.43. The number of carbonyl (C=O) groups is 2. The van der Waals surface area contributed by atoms with Crippen LogP contribution in [0, 0.1) is 18.2 Å². The second-order valence-corrected chi connectivity index (χ2v) is 6.00. The molecule has 96 valence electrons. The Morgan fingerprint density at radius 1 is 1.33 bits per heavy atom. The van der Waals surface area contributed by atoms with E-state index in [1.165, 1.54) is 12.1 Å². The summed E-state index contributed by atoms with van der Waals surface area (Å²) >= 11 is 3.07. The van der Waals surface area contributed by atoms with Crippen molar-refractivity contribution in [1.82, 2.24) is 0 Å². The van der Waals surface area contributed by atoms with Gasteiger partial charge in [-0.3, -0.25) is 9.59 Å². The monoisotopic (exact) mass is 313 g/mol. The van der Waals surface area contributed by atoms with Crippen molar-refractivity contribution in [2.75, 3.05) is 4.90 Å². The molecule has 2 amide bonds. The normalized spacial score (nSPS) is 18.6. The van der Waals surface area contributed by atoms with Crippen LogP contribution in [0.2, 0.25) is 0 Å². The Hall–Kier alpha value is -1.23. The summed E-state index contributed by atoms with van der Waals surface area (Å²) < 4.78 is 13.6. The van der Waals surface area contributed by atoms with Gasteiger partial charge in [-0.25, -0.2) is 9.29 Å². The molecule has 0 radical (unpaired) electrons. The first-order valence-corrected chi connectivity index (χ1v) is 6.36. The number of halogens is 2. The number of imide groups is 1. The predicted molar refractivity (Wildman–Crippen MR) is 69.7 cm³/mol. The first-order chi connectivity index (χ1) is 8.24. The van der Waals surface area contributed by atoms with E-state index in [4.69, 9.17) is 0 Å². The highest BCUT2D eigenvalue weighted by molar-refractivity contribution is 9.10. The van der Waals surface area contributed by atoms with E-state index in [1.807, 2.05) is 0 Å². The van der Waals surface area contributed by atoms with Gasteiger partial charge in [0.25, 0.3) is 0 Å². The van der Waals surface area contributed by atoms with E-state index in [0.29, 0.717) is 11.3 Å². The maximum absolute atomic E-state index is 13.4. The molecule has 1 aliphatic rings. The van der Waals surface area contributed by atoms with Crippen molar-refractivity contribution in [1.29, 1.82) is 0 Å². The summed E-state index contributed by atoms with van der Waals surface area (Å²) in [7, 11) is 0. The van der Waals surface area contributed by atoms with Crippen molar-refractivity contribution in [3.8, 4) is 0 Å². The van der Waals surface area contributed by atoms with Gasteiger partial charge >= 0.3 is 0 Å². The smallest absolute Gasteiger partial charge is 0.239 e. The van der Waals surface area contributed by atoms with Gasteiger partial charge in [-0.2, -0.15) is 0 Å². The van der Waals surface area contributed by atoms with Crippen LogP contribution < -0.4 is 4.90 Å². The van der Waals surface area contributed by atoms with Crippen LogP contribution in [-0.2, 0) is 9.59 Å². The summed E-state index contributed by atoms with van der Waals surface area (Å²) in [5, 5.41) is 0. The van der Waals surface area contributed by atoms with Crippen LogP contribution in [-0.4, -0.2) is 11.8 Å². The van der Waals surface area contributed by atoms with Gasteiger partial charge in [0.05, 0.1) is 15.6 Å². The van der Waals surface area contributed by atoms with Crippen molar-refractivity contribution in [3.63, 3.8) is 0 Å². The molecule has 0 aromatic heterocycles. The second-order valence-electron chi connectivity index (χ2n) is 5.15. The number of rotatable bonds is 1. The van der Waals surface area contributed by atoms with Gasteiger partial charge in [0, 0.05) is 6.42 Å². The van der Waals surface area contributed by atoms with Crippen molar-refractivity contribution in [3.05, 3.63) is 28.0 Å². The summed E-state index contributed by atoms with van der Waals surface area (Å²) in [6.45, 7) is 5.15. The molecule has 1 aromatic carbocycles. The quantitative estimate of drug-likeness (QED) is 0.747. The summed E-state index contributed by atoms with van der Waals surface area (Å²) in [6, 6.07) is 2.78. The van der Waals surface area contributed by atoms with Gasteiger partial charge < -0.3 is 0 Å². The molecule has 1 saturated heterocycles. The topological polar surface area (TPSA) is 37.4 Å². The third-order valence-corrected chi connectivity index (χ3v) is 3.71. The minimum atomic E-state index is -0.690. The number of nitrogens with zero attached hydrogens (tertiary/aromatic N) is 1. The van der Waals surface area contributed by atoms with Crippen molar-refractivity contribution < 1.29 is 14.0 Å². The lowest BCUT2D eigenvalue weighted by atomic mass is 9.92. The third-order valence-electron chi connectivity index (χ3n) is 3.10. The molecule has 0 spiro atoms. The summed E-state index contributed by atoms with van der Waals surface area (Å²) in [6.07, 6.45) is 0.181.